The lowest BCUT2D eigenvalue weighted by Crippen LogP contribution is -2.43. The van der Waals surface area contributed by atoms with Crippen LogP contribution in [-0.4, -0.2) is 29.7 Å². The number of amides is 1. The van der Waals surface area contributed by atoms with Crippen molar-refractivity contribution in [3.05, 3.63) is 35.4 Å². The molecule has 1 unspecified atom stereocenters. The highest BCUT2D eigenvalue weighted by atomic mass is 19.4. The number of hydrogen-bond acceptors (Lipinski definition) is 2. The van der Waals surface area contributed by atoms with Gasteiger partial charge in [0.2, 0.25) is 5.91 Å². The van der Waals surface area contributed by atoms with Gasteiger partial charge < -0.3 is 4.90 Å². The molecule has 1 saturated heterocycles. The quantitative estimate of drug-likeness (QED) is 0.842. The molecule has 1 atom stereocenters. The van der Waals surface area contributed by atoms with E-state index in [9.17, 15) is 22.8 Å². The molecule has 0 radical (unpaired) electrons. The summed E-state index contributed by atoms with van der Waals surface area (Å²) in [5.41, 5.74) is -0.187. The van der Waals surface area contributed by atoms with Crippen molar-refractivity contribution in [3.8, 4) is 0 Å². The van der Waals surface area contributed by atoms with Gasteiger partial charge >= 0.3 is 6.18 Å². The molecule has 0 spiro atoms. The van der Waals surface area contributed by atoms with Crippen LogP contribution < -0.4 is 0 Å². The third-order valence-electron chi connectivity index (χ3n) is 3.66. The fraction of sp³-hybridized carbons (Fsp3) is 0.467. The second-order valence-corrected chi connectivity index (χ2v) is 5.33. The molecule has 6 heteroatoms. The minimum atomic E-state index is -4.37. The van der Waals surface area contributed by atoms with Gasteiger partial charge in [-0.3, -0.25) is 9.59 Å². The van der Waals surface area contributed by atoms with Gasteiger partial charge in [0.15, 0.2) is 0 Å². The van der Waals surface area contributed by atoms with Crippen LogP contribution in [0.15, 0.2) is 24.3 Å². The van der Waals surface area contributed by atoms with Gasteiger partial charge in [0, 0.05) is 25.4 Å². The van der Waals surface area contributed by atoms with Crippen LogP contribution in [0.2, 0.25) is 0 Å². The maximum Gasteiger partial charge on any atom is 0.416 e. The summed E-state index contributed by atoms with van der Waals surface area (Å²) in [6, 6.07) is 4.59. The van der Waals surface area contributed by atoms with Crippen molar-refractivity contribution in [2.45, 2.75) is 25.9 Å². The molecule has 2 rings (SSSR count). The first kappa shape index (κ1) is 15.5. The van der Waals surface area contributed by atoms with Crippen LogP contribution in [0.25, 0.3) is 0 Å². The van der Waals surface area contributed by atoms with E-state index in [-0.39, 0.29) is 24.0 Å². The molecule has 0 saturated carbocycles. The third-order valence-corrected chi connectivity index (χ3v) is 3.66. The van der Waals surface area contributed by atoms with Crippen molar-refractivity contribution in [2.75, 3.05) is 13.1 Å². The summed E-state index contributed by atoms with van der Waals surface area (Å²) in [7, 11) is 0. The largest absolute Gasteiger partial charge is 0.416 e. The van der Waals surface area contributed by atoms with E-state index in [1.165, 1.54) is 12.1 Å². The molecule has 0 aromatic heterocycles. The number of benzene rings is 1. The lowest BCUT2D eigenvalue weighted by molar-refractivity contribution is -0.138. The van der Waals surface area contributed by atoms with Gasteiger partial charge in [0.25, 0.3) is 0 Å². The monoisotopic (exact) mass is 299 g/mol. The average molecular weight is 299 g/mol. The number of likely N-dealkylation sites (tertiary alicyclic amines) is 1. The Balaban J connectivity index is 1.98. The van der Waals surface area contributed by atoms with Crippen molar-refractivity contribution in [2.24, 2.45) is 5.92 Å². The zero-order valence-corrected chi connectivity index (χ0v) is 11.6. The van der Waals surface area contributed by atoms with E-state index >= 15 is 0 Å². The Kier molecular flexibility index (Phi) is 4.34. The predicted octanol–water partition coefficient (Wildman–Crippen LogP) is 2.69. The minimum absolute atomic E-state index is 0.0546. The van der Waals surface area contributed by atoms with E-state index in [1.807, 2.05) is 0 Å². The molecular weight excluding hydrogens is 283 g/mol. The number of rotatable bonds is 2. The molecule has 0 bridgehead atoms. The van der Waals surface area contributed by atoms with E-state index in [0.717, 1.165) is 12.1 Å². The molecule has 1 aromatic rings. The summed E-state index contributed by atoms with van der Waals surface area (Å²) >= 11 is 0. The van der Waals surface area contributed by atoms with Crippen LogP contribution in [0.1, 0.15) is 24.5 Å². The lowest BCUT2D eigenvalue weighted by Gasteiger charge is -2.30. The van der Waals surface area contributed by atoms with Gasteiger partial charge in [-0.05, 0) is 17.7 Å². The second-order valence-electron chi connectivity index (χ2n) is 5.33. The van der Waals surface area contributed by atoms with Gasteiger partial charge in [0.1, 0.15) is 5.78 Å². The van der Waals surface area contributed by atoms with Crippen LogP contribution in [0.4, 0.5) is 13.2 Å². The standard InChI is InChI=1S/C15H16F3NO2/c1-10-9-19(7-6-13(10)20)14(21)8-11-2-4-12(5-3-11)15(16,17)18/h2-5,10H,6-9H2,1H3. The Labute approximate surface area is 120 Å². The number of ketones is 1. The summed E-state index contributed by atoms with van der Waals surface area (Å²) in [5, 5.41) is 0. The second kappa shape index (κ2) is 5.87. The number of halogens is 3. The predicted molar refractivity (Wildman–Crippen MR) is 70.5 cm³/mol. The first-order valence-corrected chi connectivity index (χ1v) is 6.74. The molecule has 1 heterocycles. The highest BCUT2D eigenvalue weighted by Gasteiger charge is 2.30. The van der Waals surface area contributed by atoms with Crippen molar-refractivity contribution in [1.82, 2.24) is 4.90 Å². The summed E-state index contributed by atoms with van der Waals surface area (Å²) in [6.45, 7) is 2.56. The molecule has 1 aliphatic rings. The van der Waals surface area contributed by atoms with Gasteiger partial charge in [-0.15, -0.1) is 0 Å². The molecule has 1 aliphatic heterocycles. The van der Waals surface area contributed by atoms with Crippen molar-refractivity contribution in [3.63, 3.8) is 0 Å². The molecule has 1 aromatic carbocycles. The maximum atomic E-state index is 12.4. The number of piperidine rings is 1. The molecule has 0 aliphatic carbocycles. The molecule has 21 heavy (non-hydrogen) atoms. The van der Waals surface area contributed by atoms with Crippen molar-refractivity contribution < 1.29 is 22.8 Å². The topological polar surface area (TPSA) is 37.4 Å². The number of alkyl halides is 3. The first-order chi connectivity index (χ1) is 9.77. The zero-order chi connectivity index (χ0) is 15.6. The van der Waals surface area contributed by atoms with E-state index in [1.54, 1.807) is 11.8 Å². The van der Waals surface area contributed by atoms with Crippen LogP contribution in [0.5, 0.6) is 0 Å². The Morgan fingerprint density at radius 1 is 1.29 bits per heavy atom. The summed E-state index contributed by atoms with van der Waals surface area (Å²) in [4.78, 5) is 25.1. The molecule has 0 N–H and O–H groups in total. The number of Topliss-reactive ketones (excluding diaryl/α,β-unsaturated/α-hetero) is 1. The minimum Gasteiger partial charge on any atom is -0.341 e. The molecule has 1 fully saturated rings. The zero-order valence-electron chi connectivity index (χ0n) is 11.6. The normalized spacial score (nSPS) is 19.7. The van der Waals surface area contributed by atoms with Crippen LogP contribution in [0.3, 0.4) is 0 Å². The SMILES string of the molecule is CC1CN(C(=O)Cc2ccc(C(F)(F)F)cc2)CCC1=O. The van der Waals surface area contributed by atoms with Gasteiger partial charge in [0.05, 0.1) is 12.0 Å². The number of carbonyl (C=O) groups excluding carboxylic acids is 2. The molecule has 114 valence electrons. The van der Waals surface area contributed by atoms with E-state index in [4.69, 9.17) is 0 Å². The highest BCUT2D eigenvalue weighted by Crippen LogP contribution is 2.29. The number of hydrogen-bond donors (Lipinski definition) is 0. The number of nitrogens with zero attached hydrogens (tertiary/aromatic N) is 1. The Morgan fingerprint density at radius 3 is 2.43 bits per heavy atom. The van der Waals surface area contributed by atoms with Crippen molar-refractivity contribution >= 4 is 11.7 Å². The van der Waals surface area contributed by atoms with Crippen molar-refractivity contribution in [1.29, 1.82) is 0 Å². The number of carbonyl (C=O) groups is 2. The van der Waals surface area contributed by atoms with Gasteiger partial charge in [-0.25, -0.2) is 0 Å². The highest BCUT2D eigenvalue weighted by molar-refractivity contribution is 5.85. The van der Waals surface area contributed by atoms with Crippen LogP contribution in [0, 0.1) is 5.92 Å². The van der Waals surface area contributed by atoms with Gasteiger partial charge in [-0.2, -0.15) is 13.2 Å². The fourth-order valence-electron chi connectivity index (χ4n) is 2.34. The van der Waals surface area contributed by atoms with E-state index in [0.29, 0.717) is 25.1 Å². The summed E-state index contributed by atoms with van der Waals surface area (Å²) < 4.78 is 37.3. The van der Waals surface area contributed by atoms with Gasteiger partial charge in [-0.1, -0.05) is 19.1 Å². The summed E-state index contributed by atoms with van der Waals surface area (Å²) in [5.74, 6) is -0.182. The van der Waals surface area contributed by atoms with E-state index in [2.05, 4.69) is 0 Å². The van der Waals surface area contributed by atoms with Crippen LogP contribution >= 0.6 is 0 Å². The average Bonchev–Trinajstić information content (AvgIpc) is 2.41. The molecular formula is C15H16F3NO2. The smallest absolute Gasteiger partial charge is 0.341 e. The Morgan fingerprint density at radius 2 is 1.90 bits per heavy atom. The first-order valence-electron chi connectivity index (χ1n) is 6.74. The third kappa shape index (κ3) is 3.83. The Hall–Kier alpha value is -1.85. The lowest BCUT2D eigenvalue weighted by atomic mass is 9.98. The summed E-state index contributed by atoms with van der Waals surface area (Å²) in [6.07, 6.45) is -3.97. The Bertz CT molecular complexity index is 537. The molecule has 1 amide bonds. The molecule has 3 nitrogen and oxygen atoms in total. The van der Waals surface area contributed by atoms with E-state index < -0.39 is 11.7 Å². The maximum absolute atomic E-state index is 12.4. The van der Waals surface area contributed by atoms with Crippen LogP contribution in [-0.2, 0) is 22.2 Å². The fourth-order valence-corrected chi connectivity index (χ4v) is 2.34.